The van der Waals surface area contributed by atoms with E-state index in [4.69, 9.17) is 18.9 Å². The maximum absolute atomic E-state index is 13.4. The highest BCUT2D eigenvalue weighted by molar-refractivity contribution is 5.87. The predicted octanol–water partition coefficient (Wildman–Crippen LogP) is 1.61. The number of hydrogen-bond donors (Lipinski definition) is 2. The largest absolute Gasteiger partial charge is 0.454 e. The summed E-state index contributed by atoms with van der Waals surface area (Å²) in [4.78, 5) is 75.0. The molecule has 38 heavy (non-hydrogen) atoms. The molecular weight excluding hydrogens is 500 g/mol. The third-order valence-electron chi connectivity index (χ3n) is 6.53. The van der Waals surface area contributed by atoms with E-state index in [-0.39, 0.29) is 12.1 Å². The van der Waals surface area contributed by atoms with Gasteiger partial charge in [-0.1, -0.05) is 38.5 Å². The topological polar surface area (TPSA) is 163 Å². The fraction of sp³-hybridized carbons (Fsp3) is 0.769. The second-order valence-corrected chi connectivity index (χ2v) is 9.90. The van der Waals surface area contributed by atoms with Gasteiger partial charge in [-0.25, -0.2) is 0 Å². The molecule has 4 atom stereocenters. The molecule has 0 aliphatic heterocycles. The van der Waals surface area contributed by atoms with Crippen molar-refractivity contribution in [1.82, 2.24) is 10.6 Å². The van der Waals surface area contributed by atoms with Gasteiger partial charge in [-0.15, -0.1) is 0 Å². The maximum Gasteiger partial charge on any atom is 0.303 e. The number of esters is 4. The van der Waals surface area contributed by atoms with Crippen molar-refractivity contribution >= 4 is 35.7 Å². The van der Waals surface area contributed by atoms with Crippen LogP contribution in [0.4, 0.5) is 0 Å². The van der Waals surface area contributed by atoms with E-state index in [1.807, 2.05) is 0 Å². The van der Waals surface area contributed by atoms with Gasteiger partial charge in [0.1, 0.15) is 0 Å². The summed E-state index contributed by atoms with van der Waals surface area (Å²) in [7, 11) is 0. The van der Waals surface area contributed by atoms with Crippen molar-refractivity contribution in [3.05, 3.63) is 0 Å². The number of nitrogens with one attached hydrogen (secondary N) is 2. The zero-order valence-corrected chi connectivity index (χ0v) is 22.6. The van der Waals surface area contributed by atoms with Gasteiger partial charge in [0.2, 0.25) is 12.2 Å². The highest BCUT2D eigenvalue weighted by atomic mass is 16.6. The van der Waals surface area contributed by atoms with Crippen molar-refractivity contribution < 1.29 is 47.7 Å². The van der Waals surface area contributed by atoms with Crippen LogP contribution in [-0.4, -0.2) is 72.2 Å². The zero-order valence-electron chi connectivity index (χ0n) is 22.6. The molecule has 0 unspecified atom stereocenters. The molecule has 2 rings (SSSR count). The maximum atomic E-state index is 13.4. The van der Waals surface area contributed by atoms with E-state index < -0.39 is 60.1 Å². The van der Waals surface area contributed by atoms with E-state index >= 15 is 0 Å². The molecule has 2 amide bonds. The molecule has 214 valence electrons. The molecule has 0 aromatic carbocycles. The van der Waals surface area contributed by atoms with Crippen molar-refractivity contribution in [3.8, 4) is 0 Å². The average molecular weight is 541 g/mol. The van der Waals surface area contributed by atoms with E-state index in [1.54, 1.807) is 0 Å². The highest BCUT2D eigenvalue weighted by Gasteiger charge is 2.49. The first kappa shape index (κ1) is 31.0. The Labute approximate surface area is 222 Å². The minimum Gasteiger partial charge on any atom is -0.454 e. The Kier molecular flexibility index (Phi) is 12.5. The summed E-state index contributed by atoms with van der Waals surface area (Å²) in [6.45, 7) is 4.22. The van der Waals surface area contributed by atoms with Gasteiger partial charge < -0.3 is 29.6 Å². The molecule has 2 aliphatic carbocycles. The fourth-order valence-corrected chi connectivity index (χ4v) is 4.94. The minimum absolute atomic E-state index is 0.196. The van der Waals surface area contributed by atoms with E-state index in [2.05, 4.69) is 10.6 Å². The second-order valence-electron chi connectivity index (χ2n) is 9.90. The Bertz CT molecular complexity index is 794. The minimum atomic E-state index is -1.79. The Balaban J connectivity index is 2.46. The molecule has 2 N–H and O–H groups in total. The summed E-state index contributed by atoms with van der Waals surface area (Å²) in [6.07, 6.45) is 1.38. The summed E-state index contributed by atoms with van der Waals surface area (Å²) in [5.74, 6) is -5.12. The standard InChI is InChI=1S/C26H40N2O10/c1-15(29)35-21(23(37-17(3)31)25(33)27-19-11-7-5-8-12-19)22(36-16(2)30)24(38-18(4)32)26(34)28-20-13-9-6-10-14-20/h19-24H,5-14H2,1-4H3,(H,27,33)(H,28,34)/t21-,22+,23-,24+. The lowest BCUT2D eigenvalue weighted by atomic mass is 9.94. The number of rotatable bonds is 11. The molecule has 0 radical (unpaired) electrons. The van der Waals surface area contributed by atoms with Crippen molar-refractivity contribution in [2.75, 3.05) is 0 Å². The summed E-state index contributed by atoms with van der Waals surface area (Å²) < 4.78 is 21.3. The number of amides is 2. The van der Waals surface area contributed by atoms with Gasteiger partial charge in [-0.3, -0.25) is 28.8 Å². The molecule has 0 aromatic rings. The van der Waals surface area contributed by atoms with Crippen LogP contribution in [0.5, 0.6) is 0 Å². The third-order valence-corrected chi connectivity index (χ3v) is 6.53. The van der Waals surface area contributed by atoms with E-state index in [0.717, 1.165) is 66.2 Å². The van der Waals surface area contributed by atoms with E-state index in [1.165, 1.54) is 0 Å². The summed E-state index contributed by atoms with van der Waals surface area (Å²) in [5, 5.41) is 5.61. The molecule has 2 fully saturated rings. The van der Waals surface area contributed by atoms with Gasteiger partial charge in [0.25, 0.3) is 11.8 Å². The Hall–Kier alpha value is -3.18. The number of hydrogen-bond acceptors (Lipinski definition) is 10. The zero-order chi connectivity index (χ0) is 28.2. The second kappa shape index (κ2) is 15.3. The first-order chi connectivity index (χ1) is 18.0. The van der Waals surface area contributed by atoms with Gasteiger partial charge in [-0.2, -0.15) is 0 Å². The van der Waals surface area contributed by atoms with Crippen LogP contribution in [0, 0.1) is 0 Å². The molecule has 0 aromatic heterocycles. The Morgan fingerprint density at radius 1 is 0.500 bits per heavy atom. The summed E-state index contributed by atoms with van der Waals surface area (Å²) in [6, 6.07) is -0.392. The van der Waals surface area contributed by atoms with Crippen molar-refractivity contribution in [3.63, 3.8) is 0 Å². The SMILES string of the molecule is CC(=O)O[C@H]([C@H](OC(C)=O)[C@H](OC(C)=O)C(=O)NC1CCCCC1)[C@@H](OC(C)=O)C(=O)NC1CCCCC1. The quantitative estimate of drug-likeness (QED) is 0.291. The Morgan fingerprint density at radius 2 is 0.789 bits per heavy atom. The van der Waals surface area contributed by atoms with Crippen LogP contribution in [0.1, 0.15) is 91.9 Å². The molecule has 0 bridgehead atoms. The summed E-state index contributed by atoms with van der Waals surface area (Å²) in [5.41, 5.74) is 0. The van der Waals surface area contributed by atoms with Crippen LogP contribution < -0.4 is 10.6 Å². The normalized spacial score (nSPS) is 19.6. The molecule has 2 aliphatic rings. The van der Waals surface area contributed by atoms with E-state index in [9.17, 15) is 28.8 Å². The van der Waals surface area contributed by atoms with Gasteiger partial charge in [0, 0.05) is 39.8 Å². The average Bonchev–Trinajstić information content (AvgIpc) is 2.84. The number of carbonyl (C=O) groups excluding carboxylic acids is 6. The monoisotopic (exact) mass is 540 g/mol. The number of ether oxygens (including phenoxy) is 4. The molecular formula is C26H40N2O10. The lowest BCUT2D eigenvalue weighted by molar-refractivity contribution is -0.200. The van der Waals surface area contributed by atoms with Gasteiger partial charge in [0.15, 0.2) is 12.2 Å². The van der Waals surface area contributed by atoms with Crippen LogP contribution in [0.3, 0.4) is 0 Å². The van der Waals surface area contributed by atoms with Crippen LogP contribution in [0.25, 0.3) is 0 Å². The molecule has 12 nitrogen and oxygen atoms in total. The smallest absolute Gasteiger partial charge is 0.303 e. The lowest BCUT2D eigenvalue weighted by Gasteiger charge is -2.35. The van der Waals surface area contributed by atoms with Crippen molar-refractivity contribution in [1.29, 1.82) is 0 Å². The molecule has 2 saturated carbocycles. The van der Waals surface area contributed by atoms with Crippen LogP contribution in [0.15, 0.2) is 0 Å². The van der Waals surface area contributed by atoms with Crippen LogP contribution in [-0.2, 0) is 47.7 Å². The van der Waals surface area contributed by atoms with Gasteiger partial charge in [0.05, 0.1) is 0 Å². The lowest BCUT2D eigenvalue weighted by Crippen LogP contribution is -2.60. The van der Waals surface area contributed by atoms with Crippen molar-refractivity contribution in [2.24, 2.45) is 0 Å². The fourth-order valence-electron chi connectivity index (χ4n) is 4.94. The third kappa shape index (κ3) is 10.3. The van der Waals surface area contributed by atoms with E-state index in [0.29, 0.717) is 25.7 Å². The molecule has 0 saturated heterocycles. The first-order valence-electron chi connectivity index (χ1n) is 13.3. The van der Waals surface area contributed by atoms with Crippen LogP contribution >= 0.6 is 0 Å². The molecule has 0 spiro atoms. The number of carbonyl (C=O) groups is 6. The van der Waals surface area contributed by atoms with Gasteiger partial charge >= 0.3 is 23.9 Å². The van der Waals surface area contributed by atoms with Crippen LogP contribution in [0.2, 0.25) is 0 Å². The Morgan fingerprint density at radius 3 is 1.05 bits per heavy atom. The van der Waals surface area contributed by atoms with Gasteiger partial charge in [-0.05, 0) is 25.7 Å². The summed E-state index contributed by atoms with van der Waals surface area (Å²) >= 11 is 0. The first-order valence-corrected chi connectivity index (χ1v) is 13.3. The highest BCUT2D eigenvalue weighted by Crippen LogP contribution is 2.23. The predicted molar refractivity (Wildman–Crippen MR) is 132 cm³/mol. The van der Waals surface area contributed by atoms with Crippen molar-refractivity contribution in [2.45, 2.75) is 128 Å². The molecule has 12 heteroatoms. The molecule has 0 heterocycles.